The molecule has 15 N–H and O–H groups in total. The molecule has 7 aromatic rings. The number of H-pyrrole nitrogens is 1. The molecule has 2 aliphatic heterocycles. The van der Waals surface area contributed by atoms with E-state index in [1.807, 2.05) is 110 Å². The fraction of sp³-hybridized carbons (Fsp3) is 0.432. The van der Waals surface area contributed by atoms with E-state index in [0.29, 0.717) is 29.7 Å². The minimum atomic E-state index is -1.24. The summed E-state index contributed by atoms with van der Waals surface area (Å²) in [6.07, 6.45) is 1.20. The van der Waals surface area contributed by atoms with Crippen molar-refractivity contribution in [3.63, 3.8) is 0 Å². The molecule has 2 aliphatic rings. The minimum Gasteiger partial charge on any atom is -0.508 e. The van der Waals surface area contributed by atoms with Gasteiger partial charge in [0.15, 0.2) is 11.6 Å². The number of amides is 8. The highest BCUT2D eigenvalue weighted by molar-refractivity contribution is 5.99. The van der Waals surface area contributed by atoms with E-state index >= 15 is 0 Å². The van der Waals surface area contributed by atoms with Crippen LogP contribution in [0.15, 0.2) is 158 Å². The Morgan fingerprint density at radius 3 is 1.23 bits per heavy atom. The number of phenolic OH excluding ortho intramolecular Hbond substituents is 2. The van der Waals surface area contributed by atoms with Crippen molar-refractivity contribution in [2.24, 2.45) is 58.8 Å². The van der Waals surface area contributed by atoms with Gasteiger partial charge < -0.3 is 78.6 Å². The second kappa shape index (κ2) is 42.5. The summed E-state index contributed by atoms with van der Waals surface area (Å²) in [5.74, 6) is -10.8. The van der Waals surface area contributed by atoms with Gasteiger partial charge in [-0.05, 0) is 106 Å². The van der Waals surface area contributed by atoms with E-state index in [9.17, 15) is 78.0 Å². The average Bonchev–Trinajstić information content (AvgIpc) is 1.63. The van der Waals surface area contributed by atoms with Gasteiger partial charge in [0.2, 0.25) is 47.3 Å². The summed E-state index contributed by atoms with van der Waals surface area (Å²) in [6, 6.07) is 38.6. The molecule has 27 heteroatoms. The van der Waals surface area contributed by atoms with E-state index in [-0.39, 0.29) is 136 Å². The second-order valence-electron chi connectivity index (χ2n) is 31.0. The molecule has 12 atom stereocenters. The Kier molecular flexibility index (Phi) is 32.9. The topological polar surface area (TPSA) is 432 Å². The van der Waals surface area contributed by atoms with E-state index in [4.69, 9.17) is 11.5 Å². The molecule has 0 radical (unpaired) electrons. The number of nitrogens with one attached hydrogen (secondary N) is 7. The van der Waals surface area contributed by atoms with Gasteiger partial charge >= 0.3 is 11.9 Å². The molecule has 9 rings (SSSR count). The van der Waals surface area contributed by atoms with Crippen LogP contribution < -0.4 is 43.4 Å². The predicted octanol–water partition coefficient (Wildman–Crippen LogP) is 6.79. The largest absolute Gasteiger partial charge is 0.508 e. The van der Waals surface area contributed by atoms with Crippen LogP contribution in [0, 0.1) is 47.3 Å². The number of benzene rings is 6. The number of aromatic nitrogens is 1. The third-order valence-electron chi connectivity index (χ3n) is 22.0. The van der Waals surface area contributed by atoms with Crippen LogP contribution in [0.2, 0.25) is 0 Å². The molecule has 3 heterocycles. The lowest BCUT2D eigenvalue weighted by Gasteiger charge is -2.29. The molecule has 614 valence electrons. The van der Waals surface area contributed by atoms with Crippen LogP contribution in [0.4, 0.5) is 0 Å². The number of nitrogens with zero attached hydrogens (tertiary/aromatic N) is 2. The highest BCUT2D eigenvalue weighted by Gasteiger charge is 2.41. The highest BCUT2D eigenvalue weighted by atomic mass is 16.4. The molecule has 8 amide bonds. The van der Waals surface area contributed by atoms with Crippen molar-refractivity contribution in [2.45, 2.75) is 169 Å². The number of ketones is 2. The Bertz CT molecular complexity index is 4520. The SMILES string of the molecule is CCC(C)[C@H](CC(=O)[C@H](Cc1ccc(O)cc1)NC(=O)[C@@H](CN)C(C)C)C(=O)NC1Cc2ccccc2CN(CC(=O)NC(Cc2ccccc2)C(=O)O)C1=O.CCC(C)[C@H](CC(=O)[C@H](Cc1ccc(O)cc1)NC(=O)[C@@H](CN)C(C)C)C(=O)N[C@H]1Cc2c([nH]c3ccccc23)CN(CC(=O)N[C@@H](Cc2ccccc2)C(=O)O)C1=O. The number of para-hydroxylation sites is 1. The Labute approximate surface area is 670 Å². The third-order valence-corrected chi connectivity index (χ3v) is 22.0. The van der Waals surface area contributed by atoms with Crippen LogP contribution in [0.3, 0.4) is 0 Å². The van der Waals surface area contributed by atoms with E-state index in [0.717, 1.165) is 38.7 Å². The number of carboxylic acid groups (broad SMARTS) is 2. The molecule has 115 heavy (non-hydrogen) atoms. The van der Waals surface area contributed by atoms with Gasteiger partial charge in [-0.3, -0.25) is 47.9 Å². The normalized spacial score (nSPS) is 16.7. The summed E-state index contributed by atoms with van der Waals surface area (Å²) < 4.78 is 0. The Balaban J connectivity index is 0.000000288. The zero-order valence-electron chi connectivity index (χ0n) is 66.6. The first kappa shape index (κ1) is 89.0. The van der Waals surface area contributed by atoms with Crippen LogP contribution in [-0.2, 0) is 109 Å². The van der Waals surface area contributed by atoms with Gasteiger partial charge in [0.1, 0.15) is 42.2 Å². The summed E-state index contributed by atoms with van der Waals surface area (Å²) in [7, 11) is 0. The number of carbonyl (C=O) groups excluding carboxylic acids is 10. The summed E-state index contributed by atoms with van der Waals surface area (Å²) in [5.41, 5.74) is 18.5. The minimum absolute atomic E-state index is 0.00511. The number of fused-ring (bicyclic) bond motifs is 4. The number of hydrogen-bond donors (Lipinski definition) is 13. The maximum atomic E-state index is 14.4. The van der Waals surface area contributed by atoms with Gasteiger partial charge in [0, 0.05) is 86.6 Å². The number of hydrogen-bond acceptors (Lipinski definition) is 16. The molecule has 6 aromatic carbocycles. The third kappa shape index (κ3) is 25.2. The molecular weight excluding hydrogens is 1470 g/mol. The van der Waals surface area contributed by atoms with Gasteiger partial charge in [-0.25, -0.2) is 9.59 Å². The van der Waals surface area contributed by atoms with Crippen LogP contribution in [0.1, 0.15) is 126 Å². The Morgan fingerprint density at radius 2 is 0.817 bits per heavy atom. The van der Waals surface area contributed by atoms with E-state index < -0.39 is 120 Å². The van der Waals surface area contributed by atoms with Crippen molar-refractivity contribution in [3.05, 3.63) is 202 Å². The predicted molar refractivity (Wildman–Crippen MR) is 434 cm³/mol. The van der Waals surface area contributed by atoms with Gasteiger partial charge in [-0.2, -0.15) is 0 Å². The molecule has 1 aromatic heterocycles. The van der Waals surface area contributed by atoms with Gasteiger partial charge in [0.05, 0.1) is 37.0 Å². The van der Waals surface area contributed by atoms with Crippen molar-refractivity contribution in [3.8, 4) is 11.5 Å². The molecule has 4 unspecified atom stereocenters. The lowest BCUT2D eigenvalue weighted by atomic mass is 9.84. The zero-order valence-corrected chi connectivity index (χ0v) is 66.6. The summed E-state index contributed by atoms with van der Waals surface area (Å²) in [6.45, 7) is 14.3. The number of phenols is 2. The number of aliphatic carboxylic acids is 2. The fourth-order valence-electron chi connectivity index (χ4n) is 14.6. The van der Waals surface area contributed by atoms with Crippen molar-refractivity contribution in [1.82, 2.24) is 46.7 Å². The maximum absolute atomic E-state index is 14.4. The lowest BCUT2D eigenvalue weighted by Crippen LogP contribution is -2.54. The Morgan fingerprint density at radius 1 is 0.443 bits per heavy atom. The van der Waals surface area contributed by atoms with Crippen molar-refractivity contribution in [1.29, 1.82) is 0 Å². The molecular formula is C88H111N11O16. The summed E-state index contributed by atoms with van der Waals surface area (Å²) >= 11 is 0. The Hall–Kier alpha value is -11.6. The first-order valence-corrected chi connectivity index (χ1v) is 39.5. The summed E-state index contributed by atoms with van der Waals surface area (Å²) in [4.78, 5) is 169. The quantitative estimate of drug-likeness (QED) is 0.0189. The van der Waals surface area contributed by atoms with E-state index in [1.165, 1.54) is 34.1 Å². The second-order valence-corrected chi connectivity index (χ2v) is 31.0. The number of carbonyl (C=O) groups is 12. The number of rotatable bonds is 38. The maximum Gasteiger partial charge on any atom is 0.326 e. The molecule has 0 saturated carbocycles. The number of aromatic hydroxyl groups is 2. The van der Waals surface area contributed by atoms with Gasteiger partial charge in [-0.15, -0.1) is 0 Å². The molecule has 0 saturated heterocycles. The van der Waals surface area contributed by atoms with E-state index in [2.05, 4.69) is 36.9 Å². The lowest BCUT2D eigenvalue weighted by molar-refractivity contribution is -0.144. The number of nitrogens with two attached hydrogens (primary N) is 2. The number of Topliss-reactive ketones (excluding diaryl/α,β-unsaturated/α-hetero) is 2. The first-order valence-electron chi connectivity index (χ1n) is 39.5. The van der Waals surface area contributed by atoms with Crippen molar-refractivity contribution < 1.29 is 78.0 Å². The van der Waals surface area contributed by atoms with Gasteiger partial charge in [-0.1, -0.05) is 196 Å². The van der Waals surface area contributed by atoms with Gasteiger partial charge in [0.25, 0.3) is 0 Å². The highest BCUT2D eigenvalue weighted by Crippen LogP contribution is 2.31. The van der Waals surface area contributed by atoms with Crippen LogP contribution in [0.25, 0.3) is 10.9 Å². The molecule has 27 nitrogen and oxygen atoms in total. The number of aromatic amines is 1. The van der Waals surface area contributed by atoms with Crippen molar-refractivity contribution in [2.75, 3.05) is 26.2 Å². The van der Waals surface area contributed by atoms with Crippen LogP contribution >= 0.6 is 0 Å². The number of carboxylic acids is 2. The van der Waals surface area contributed by atoms with E-state index in [1.54, 1.807) is 78.9 Å². The van der Waals surface area contributed by atoms with Crippen molar-refractivity contribution >= 4 is 81.7 Å². The molecule has 0 spiro atoms. The van der Waals surface area contributed by atoms with Crippen LogP contribution in [0.5, 0.6) is 11.5 Å². The monoisotopic (exact) mass is 1580 g/mol. The standard InChI is InChI=1S/C45H56N6O8.C43H55N5O8/c1-5-27(4)32(22-40(53)36(19-29-15-17-30(52)18-16-29)49-43(56)34(23-46)26(2)3)42(55)50-37-21-33-31-13-9-10-14-35(31)47-39(33)24-51(44(37)57)25-41(54)48-38(45(58)59)20-28-11-7-6-8-12-28;1-5-27(4)33(22-38(50)35(19-29-15-17-32(49)18-16-29)46-41(53)34(23-44)26(2)3)40(52)47-36-21-30-13-9-10-14-31(30)24-48(42(36)54)25-39(51)45-37(43(55)56)20-28-11-7-6-8-12-28/h6-18,26-27,32,34,36-38,47,52H,5,19-25,46H2,1-4H3,(H,48,54)(H,49,56)(H,50,55)(H,58,59);6-18,26-27,33-37,49H,5,19-25,44H2,1-4H3,(H,45,51)(H,46,53)(H,47,52)(H,55,56)/t27?,32-,34-,36-,37-,38-;27?,33-,34-,35-,36?,37?/m00/s1. The first-order chi connectivity index (χ1) is 54.9. The average molecular weight is 1580 g/mol. The molecule has 0 fully saturated rings. The molecule has 0 bridgehead atoms. The van der Waals surface area contributed by atoms with Crippen LogP contribution in [-0.4, -0.2) is 168 Å². The summed E-state index contributed by atoms with van der Waals surface area (Å²) in [5, 5.41) is 57.0. The molecule has 0 aliphatic carbocycles. The zero-order chi connectivity index (χ0) is 83.7. The smallest absolute Gasteiger partial charge is 0.326 e. The fourth-order valence-corrected chi connectivity index (χ4v) is 14.6.